The summed E-state index contributed by atoms with van der Waals surface area (Å²) in [5.74, 6) is -1.20. The van der Waals surface area contributed by atoms with Crippen molar-refractivity contribution in [3.63, 3.8) is 0 Å². The first-order valence-electron chi connectivity index (χ1n) is 9.98. The number of hydrogen-bond acceptors (Lipinski definition) is 7. The molecule has 0 spiro atoms. The minimum Gasteiger partial charge on any atom is -0.480 e. The number of carbonyl (C=O) groups excluding carboxylic acids is 1. The van der Waals surface area contributed by atoms with Gasteiger partial charge in [0.2, 0.25) is 5.91 Å². The molecule has 2 aliphatic rings. The lowest BCUT2D eigenvalue weighted by molar-refractivity contribution is -0.141. The van der Waals surface area contributed by atoms with Gasteiger partial charge in [-0.05, 0) is 32.5 Å². The fourth-order valence-corrected chi connectivity index (χ4v) is 3.26. The van der Waals surface area contributed by atoms with E-state index >= 15 is 0 Å². The van der Waals surface area contributed by atoms with Crippen LogP contribution < -0.4 is 10.6 Å². The van der Waals surface area contributed by atoms with Gasteiger partial charge in [-0.1, -0.05) is 0 Å². The highest BCUT2D eigenvalue weighted by atomic mass is 16.5. The highest BCUT2D eigenvalue weighted by Crippen LogP contribution is 2.00. The summed E-state index contributed by atoms with van der Waals surface area (Å²) in [6.45, 7) is 9.76. The van der Waals surface area contributed by atoms with Crippen LogP contribution in [0.15, 0.2) is 0 Å². The summed E-state index contributed by atoms with van der Waals surface area (Å²) in [6.07, 6.45) is 1.67. The highest BCUT2D eigenvalue weighted by molar-refractivity contribution is 5.84. The van der Waals surface area contributed by atoms with E-state index < -0.39 is 12.0 Å². The van der Waals surface area contributed by atoms with Crippen LogP contribution in [0.3, 0.4) is 0 Å². The van der Waals surface area contributed by atoms with E-state index in [9.17, 15) is 14.7 Å². The zero-order chi connectivity index (χ0) is 19.3. The second kappa shape index (κ2) is 13.0. The fourth-order valence-electron chi connectivity index (χ4n) is 3.26. The fraction of sp³-hybridized carbons (Fsp3) is 0.889. The quantitative estimate of drug-likeness (QED) is 0.366. The van der Waals surface area contributed by atoms with Crippen LogP contribution in [0.25, 0.3) is 0 Å². The van der Waals surface area contributed by atoms with Crippen molar-refractivity contribution in [3.8, 4) is 0 Å². The highest BCUT2D eigenvalue weighted by Gasteiger charge is 2.20. The van der Waals surface area contributed by atoms with Crippen LogP contribution in [-0.4, -0.2) is 112 Å². The van der Waals surface area contributed by atoms with E-state index in [1.165, 1.54) is 0 Å². The van der Waals surface area contributed by atoms with Crippen molar-refractivity contribution in [3.05, 3.63) is 0 Å². The second-order valence-electron chi connectivity index (χ2n) is 7.01. The third kappa shape index (κ3) is 9.48. The molecule has 3 N–H and O–H groups in total. The summed E-state index contributed by atoms with van der Waals surface area (Å²) in [6, 6.07) is -0.839. The van der Waals surface area contributed by atoms with Gasteiger partial charge in [0.05, 0.1) is 32.8 Å². The number of carbonyl (C=O) groups is 2. The lowest BCUT2D eigenvalue weighted by Gasteiger charge is -2.26. The number of ether oxygens (including phenoxy) is 2. The van der Waals surface area contributed by atoms with Crippen molar-refractivity contribution in [2.75, 3.05) is 78.8 Å². The molecule has 2 fully saturated rings. The van der Waals surface area contributed by atoms with E-state index in [2.05, 4.69) is 20.4 Å². The standard InChI is InChI=1S/C18H34N4O5/c23-17(20-4-2-6-22-9-13-27-14-10-22)15-16(18(24)25)19-3-1-5-21-7-11-26-12-8-21/h16,19H,1-15H2,(H,20,23)(H,24,25)/t16-/m1/s1. The Hall–Kier alpha value is -1.26. The van der Waals surface area contributed by atoms with E-state index in [1.807, 2.05) is 0 Å². The van der Waals surface area contributed by atoms with Crippen LogP contribution in [-0.2, 0) is 19.1 Å². The van der Waals surface area contributed by atoms with Crippen molar-refractivity contribution < 1.29 is 24.2 Å². The molecule has 0 aromatic heterocycles. The molecule has 0 aliphatic carbocycles. The summed E-state index contributed by atoms with van der Waals surface area (Å²) in [7, 11) is 0. The average molecular weight is 386 g/mol. The molecule has 0 aromatic rings. The summed E-state index contributed by atoms with van der Waals surface area (Å²) in [5.41, 5.74) is 0. The summed E-state index contributed by atoms with van der Waals surface area (Å²) in [5, 5.41) is 15.1. The van der Waals surface area contributed by atoms with Crippen LogP contribution >= 0.6 is 0 Å². The van der Waals surface area contributed by atoms with Gasteiger partial charge in [-0.15, -0.1) is 0 Å². The number of amides is 1. The van der Waals surface area contributed by atoms with Crippen LogP contribution in [0.2, 0.25) is 0 Å². The normalized spacial score (nSPS) is 20.3. The molecule has 1 amide bonds. The van der Waals surface area contributed by atoms with Gasteiger partial charge in [0.15, 0.2) is 0 Å². The number of nitrogens with one attached hydrogen (secondary N) is 2. The summed E-state index contributed by atoms with van der Waals surface area (Å²) < 4.78 is 10.6. The second-order valence-corrected chi connectivity index (χ2v) is 7.01. The van der Waals surface area contributed by atoms with Gasteiger partial charge in [-0.25, -0.2) is 0 Å². The predicted octanol–water partition coefficient (Wildman–Crippen LogP) is -1.02. The molecule has 2 aliphatic heterocycles. The molecule has 1 atom stereocenters. The molecule has 0 aromatic carbocycles. The SMILES string of the molecule is O=C(C[C@@H](NCCCN1CCOCC1)C(=O)O)NCCCN1CCOCC1. The Bertz CT molecular complexity index is 439. The van der Waals surface area contributed by atoms with Crippen molar-refractivity contribution in [1.82, 2.24) is 20.4 Å². The topological polar surface area (TPSA) is 103 Å². The molecule has 0 saturated carbocycles. The number of rotatable bonds is 12. The van der Waals surface area contributed by atoms with Gasteiger partial charge in [0.25, 0.3) is 0 Å². The Morgan fingerprint density at radius 3 is 1.93 bits per heavy atom. The summed E-state index contributed by atoms with van der Waals surface area (Å²) in [4.78, 5) is 28.0. The molecule has 2 heterocycles. The molecule has 2 saturated heterocycles. The molecular weight excluding hydrogens is 352 g/mol. The Labute approximate surface area is 161 Å². The largest absolute Gasteiger partial charge is 0.480 e. The van der Waals surface area contributed by atoms with E-state index in [4.69, 9.17) is 9.47 Å². The van der Waals surface area contributed by atoms with Gasteiger partial charge >= 0.3 is 5.97 Å². The van der Waals surface area contributed by atoms with Crippen LogP contribution in [0.5, 0.6) is 0 Å². The first-order valence-corrected chi connectivity index (χ1v) is 9.98. The number of hydrogen-bond donors (Lipinski definition) is 3. The molecule has 2 rings (SSSR count). The zero-order valence-corrected chi connectivity index (χ0v) is 16.2. The smallest absolute Gasteiger partial charge is 0.321 e. The third-order valence-electron chi connectivity index (χ3n) is 4.91. The number of aliphatic carboxylic acids is 1. The van der Waals surface area contributed by atoms with E-state index in [0.717, 1.165) is 78.5 Å². The Morgan fingerprint density at radius 1 is 0.889 bits per heavy atom. The lowest BCUT2D eigenvalue weighted by Crippen LogP contribution is -2.43. The molecule has 0 radical (unpaired) electrons. The Morgan fingerprint density at radius 2 is 1.41 bits per heavy atom. The molecule has 9 nitrogen and oxygen atoms in total. The molecule has 27 heavy (non-hydrogen) atoms. The first-order chi connectivity index (χ1) is 13.1. The van der Waals surface area contributed by atoms with Crippen molar-refractivity contribution in [1.29, 1.82) is 0 Å². The molecule has 0 bridgehead atoms. The van der Waals surface area contributed by atoms with Crippen molar-refractivity contribution in [2.24, 2.45) is 0 Å². The van der Waals surface area contributed by atoms with E-state index in [1.54, 1.807) is 0 Å². The van der Waals surface area contributed by atoms with E-state index in [-0.39, 0.29) is 12.3 Å². The maximum atomic E-state index is 12.0. The number of nitrogens with zero attached hydrogens (tertiary/aromatic N) is 2. The number of carboxylic acid groups (broad SMARTS) is 1. The molecule has 0 unspecified atom stereocenters. The monoisotopic (exact) mass is 386 g/mol. The Balaban J connectivity index is 1.53. The zero-order valence-electron chi connectivity index (χ0n) is 16.2. The molecule has 156 valence electrons. The first kappa shape index (κ1) is 22.0. The van der Waals surface area contributed by atoms with Gasteiger partial charge < -0.3 is 25.2 Å². The van der Waals surface area contributed by atoms with Gasteiger partial charge in [0.1, 0.15) is 6.04 Å². The summed E-state index contributed by atoms with van der Waals surface area (Å²) >= 11 is 0. The third-order valence-corrected chi connectivity index (χ3v) is 4.91. The molecule has 9 heteroatoms. The minimum atomic E-state index is -0.982. The average Bonchev–Trinajstić information content (AvgIpc) is 2.69. The molecular formula is C18H34N4O5. The van der Waals surface area contributed by atoms with Crippen molar-refractivity contribution >= 4 is 11.9 Å². The maximum absolute atomic E-state index is 12.0. The van der Waals surface area contributed by atoms with Crippen LogP contribution in [0.4, 0.5) is 0 Å². The van der Waals surface area contributed by atoms with Gasteiger partial charge in [0, 0.05) is 32.7 Å². The van der Waals surface area contributed by atoms with Crippen LogP contribution in [0, 0.1) is 0 Å². The van der Waals surface area contributed by atoms with E-state index in [0.29, 0.717) is 13.1 Å². The van der Waals surface area contributed by atoms with Gasteiger partial charge in [-0.2, -0.15) is 0 Å². The van der Waals surface area contributed by atoms with Crippen molar-refractivity contribution in [2.45, 2.75) is 25.3 Å². The predicted molar refractivity (Wildman–Crippen MR) is 101 cm³/mol. The minimum absolute atomic E-state index is 0.0373. The lowest BCUT2D eigenvalue weighted by atomic mass is 10.2. The number of carboxylic acids is 1. The maximum Gasteiger partial charge on any atom is 0.321 e. The van der Waals surface area contributed by atoms with Gasteiger partial charge in [-0.3, -0.25) is 19.4 Å². The number of morpholine rings is 2. The Kier molecular flexibility index (Phi) is 10.6. The van der Waals surface area contributed by atoms with Crippen LogP contribution in [0.1, 0.15) is 19.3 Å².